The SMILES string of the molecule is CCC(C)C(O)c1ccsc1. The highest BCUT2D eigenvalue weighted by Gasteiger charge is 2.13. The Morgan fingerprint density at radius 2 is 2.36 bits per heavy atom. The first-order valence-electron chi connectivity index (χ1n) is 3.96. The van der Waals surface area contributed by atoms with E-state index in [1.54, 1.807) is 11.3 Å². The molecule has 0 radical (unpaired) electrons. The average Bonchev–Trinajstić information content (AvgIpc) is 2.53. The van der Waals surface area contributed by atoms with E-state index >= 15 is 0 Å². The lowest BCUT2D eigenvalue weighted by atomic mass is 9.98. The third kappa shape index (κ3) is 2.04. The van der Waals surface area contributed by atoms with Crippen molar-refractivity contribution in [2.75, 3.05) is 0 Å². The fraction of sp³-hybridized carbons (Fsp3) is 0.556. The Morgan fingerprint density at radius 1 is 1.64 bits per heavy atom. The molecule has 1 rings (SSSR count). The Kier molecular flexibility index (Phi) is 3.09. The van der Waals surface area contributed by atoms with Crippen molar-refractivity contribution in [2.45, 2.75) is 26.4 Å². The summed E-state index contributed by atoms with van der Waals surface area (Å²) in [5.41, 5.74) is 1.06. The second-order valence-electron chi connectivity index (χ2n) is 2.89. The minimum absolute atomic E-state index is 0.272. The second-order valence-corrected chi connectivity index (χ2v) is 3.67. The standard InChI is InChI=1S/C9H14OS/c1-3-7(2)9(10)8-4-5-11-6-8/h4-7,9-10H,3H2,1-2H3. The minimum atomic E-state index is -0.272. The van der Waals surface area contributed by atoms with Crippen molar-refractivity contribution in [3.05, 3.63) is 22.4 Å². The van der Waals surface area contributed by atoms with Gasteiger partial charge in [-0.15, -0.1) is 0 Å². The monoisotopic (exact) mass is 170 g/mol. The zero-order valence-electron chi connectivity index (χ0n) is 6.95. The smallest absolute Gasteiger partial charge is 0.0823 e. The van der Waals surface area contributed by atoms with Gasteiger partial charge in [0.15, 0.2) is 0 Å². The second kappa shape index (κ2) is 3.88. The zero-order valence-corrected chi connectivity index (χ0v) is 7.77. The predicted molar refractivity (Wildman–Crippen MR) is 48.7 cm³/mol. The molecule has 0 saturated carbocycles. The van der Waals surface area contributed by atoms with Crippen molar-refractivity contribution in [2.24, 2.45) is 5.92 Å². The summed E-state index contributed by atoms with van der Waals surface area (Å²) >= 11 is 1.64. The Hall–Kier alpha value is -0.340. The van der Waals surface area contributed by atoms with Crippen molar-refractivity contribution in [3.8, 4) is 0 Å². The predicted octanol–water partition coefficient (Wildman–Crippen LogP) is 2.83. The summed E-state index contributed by atoms with van der Waals surface area (Å²) in [6.45, 7) is 4.17. The molecule has 2 atom stereocenters. The van der Waals surface area contributed by atoms with Crippen LogP contribution in [0.2, 0.25) is 0 Å². The van der Waals surface area contributed by atoms with Crippen LogP contribution in [0.5, 0.6) is 0 Å². The molecule has 1 aromatic rings. The molecule has 0 bridgehead atoms. The van der Waals surface area contributed by atoms with Gasteiger partial charge in [0.2, 0.25) is 0 Å². The molecule has 1 aromatic heterocycles. The molecule has 62 valence electrons. The van der Waals surface area contributed by atoms with Crippen molar-refractivity contribution in [1.82, 2.24) is 0 Å². The number of hydrogen-bond acceptors (Lipinski definition) is 2. The van der Waals surface area contributed by atoms with E-state index in [0.29, 0.717) is 5.92 Å². The molecule has 2 unspecified atom stereocenters. The number of rotatable bonds is 3. The van der Waals surface area contributed by atoms with Crippen LogP contribution in [0.25, 0.3) is 0 Å². The van der Waals surface area contributed by atoms with Gasteiger partial charge in [0.1, 0.15) is 0 Å². The zero-order chi connectivity index (χ0) is 8.27. The quantitative estimate of drug-likeness (QED) is 0.739. The summed E-state index contributed by atoms with van der Waals surface area (Å²) < 4.78 is 0. The molecule has 0 aliphatic heterocycles. The van der Waals surface area contributed by atoms with E-state index in [0.717, 1.165) is 12.0 Å². The maximum Gasteiger partial charge on any atom is 0.0823 e. The first kappa shape index (κ1) is 8.75. The van der Waals surface area contributed by atoms with E-state index in [1.165, 1.54) is 0 Å². The highest BCUT2D eigenvalue weighted by Crippen LogP contribution is 2.25. The Morgan fingerprint density at radius 3 is 2.82 bits per heavy atom. The number of hydrogen-bond donors (Lipinski definition) is 1. The van der Waals surface area contributed by atoms with Crippen LogP contribution in [0.1, 0.15) is 31.9 Å². The van der Waals surface area contributed by atoms with Crippen molar-refractivity contribution >= 4 is 11.3 Å². The Balaban J connectivity index is 2.62. The van der Waals surface area contributed by atoms with Gasteiger partial charge in [0.05, 0.1) is 6.10 Å². The summed E-state index contributed by atoms with van der Waals surface area (Å²) in [4.78, 5) is 0. The number of aliphatic hydroxyl groups excluding tert-OH is 1. The molecule has 1 heterocycles. The van der Waals surface area contributed by atoms with Crippen molar-refractivity contribution < 1.29 is 5.11 Å². The highest BCUT2D eigenvalue weighted by molar-refractivity contribution is 7.07. The average molecular weight is 170 g/mol. The molecule has 0 amide bonds. The maximum atomic E-state index is 9.68. The summed E-state index contributed by atoms with van der Waals surface area (Å²) in [6.07, 6.45) is 0.753. The van der Waals surface area contributed by atoms with E-state index in [9.17, 15) is 5.11 Å². The van der Waals surface area contributed by atoms with E-state index in [4.69, 9.17) is 0 Å². The lowest BCUT2D eigenvalue weighted by Gasteiger charge is -2.15. The van der Waals surface area contributed by atoms with E-state index in [-0.39, 0.29) is 6.10 Å². The van der Waals surface area contributed by atoms with Gasteiger partial charge < -0.3 is 5.11 Å². The Bertz CT molecular complexity index is 193. The molecule has 1 nitrogen and oxygen atoms in total. The van der Waals surface area contributed by atoms with Gasteiger partial charge in [-0.3, -0.25) is 0 Å². The summed E-state index contributed by atoms with van der Waals surface area (Å²) in [7, 11) is 0. The van der Waals surface area contributed by atoms with Gasteiger partial charge in [0, 0.05) is 0 Å². The van der Waals surface area contributed by atoms with Crippen molar-refractivity contribution in [1.29, 1.82) is 0 Å². The van der Waals surface area contributed by atoms with Gasteiger partial charge >= 0.3 is 0 Å². The first-order chi connectivity index (χ1) is 5.25. The van der Waals surface area contributed by atoms with Crippen LogP contribution in [0.15, 0.2) is 16.8 Å². The third-order valence-electron chi connectivity index (χ3n) is 2.07. The molecule has 11 heavy (non-hydrogen) atoms. The van der Waals surface area contributed by atoms with Crippen LogP contribution >= 0.6 is 11.3 Å². The summed E-state index contributed by atoms with van der Waals surface area (Å²) in [5.74, 6) is 0.365. The maximum absolute atomic E-state index is 9.68. The molecule has 0 aromatic carbocycles. The van der Waals surface area contributed by atoms with Crippen LogP contribution in [0, 0.1) is 5.92 Å². The summed E-state index contributed by atoms with van der Waals surface area (Å²) in [6, 6.07) is 1.99. The summed E-state index contributed by atoms with van der Waals surface area (Å²) in [5, 5.41) is 13.7. The normalized spacial score (nSPS) is 16.3. The number of thiophene rings is 1. The highest BCUT2D eigenvalue weighted by atomic mass is 32.1. The third-order valence-corrected chi connectivity index (χ3v) is 2.77. The Labute approximate surface area is 71.7 Å². The molecule has 1 N–H and O–H groups in total. The van der Waals surface area contributed by atoms with Gasteiger partial charge in [-0.1, -0.05) is 20.3 Å². The van der Waals surface area contributed by atoms with E-state index in [2.05, 4.69) is 13.8 Å². The lowest BCUT2D eigenvalue weighted by molar-refractivity contribution is 0.116. The van der Waals surface area contributed by atoms with Crippen LogP contribution in [0.3, 0.4) is 0 Å². The van der Waals surface area contributed by atoms with Gasteiger partial charge in [-0.25, -0.2) is 0 Å². The molecule has 0 aliphatic carbocycles. The molecular formula is C9H14OS. The number of aliphatic hydroxyl groups is 1. The van der Waals surface area contributed by atoms with Crippen LogP contribution in [-0.4, -0.2) is 5.11 Å². The van der Waals surface area contributed by atoms with Gasteiger partial charge in [-0.05, 0) is 28.3 Å². The topological polar surface area (TPSA) is 20.2 Å². The molecule has 0 aliphatic rings. The van der Waals surface area contributed by atoms with Gasteiger partial charge in [0.25, 0.3) is 0 Å². The molecule has 2 heteroatoms. The molecular weight excluding hydrogens is 156 g/mol. The fourth-order valence-electron chi connectivity index (χ4n) is 0.995. The molecule has 0 spiro atoms. The van der Waals surface area contributed by atoms with Crippen molar-refractivity contribution in [3.63, 3.8) is 0 Å². The van der Waals surface area contributed by atoms with E-state index in [1.807, 2.05) is 16.8 Å². The van der Waals surface area contributed by atoms with Gasteiger partial charge in [-0.2, -0.15) is 11.3 Å². The van der Waals surface area contributed by atoms with Crippen LogP contribution < -0.4 is 0 Å². The molecule has 0 saturated heterocycles. The molecule has 0 fully saturated rings. The van der Waals surface area contributed by atoms with E-state index < -0.39 is 0 Å². The first-order valence-corrected chi connectivity index (χ1v) is 4.90. The van der Waals surface area contributed by atoms with Crippen LogP contribution in [0.4, 0.5) is 0 Å². The fourth-order valence-corrected chi connectivity index (χ4v) is 1.68. The largest absolute Gasteiger partial charge is 0.388 e. The minimum Gasteiger partial charge on any atom is -0.388 e. The lowest BCUT2D eigenvalue weighted by Crippen LogP contribution is -2.06. The van der Waals surface area contributed by atoms with Crippen LogP contribution in [-0.2, 0) is 0 Å².